The summed E-state index contributed by atoms with van der Waals surface area (Å²) in [6.07, 6.45) is 0. The van der Waals surface area contributed by atoms with Crippen LogP contribution in [0, 0.1) is 11.7 Å². The highest BCUT2D eigenvalue weighted by atomic mass is 32.2. The van der Waals surface area contributed by atoms with Gasteiger partial charge in [0.15, 0.2) is 5.78 Å². The Morgan fingerprint density at radius 1 is 1.08 bits per heavy atom. The summed E-state index contributed by atoms with van der Waals surface area (Å²) in [6.45, 7) is 2.88. The van der Waals surface area contributed by atoms with Gasteiger partial charge in [0.2, 0.25) is 15.9 Å². The van der Waals surface area contributed by atoms with Gasteiger partial charge in [0.1, 0.15) is 5.82 Å². The van der Waals surface area contributed by atoms with Crippen molar-refractivity contribution < 1.29 is 22.4 Å². The zero-order valence-electron chi connectivity index (χ0n) is 14.3. The molecule has 0 aliphatic rings. The second-order valence-electron chi connectivity index (χ2n) is 5.92. The second-order valence-corrected chi connectivity index (χ2v) is 7.69. The van der Waals surface area contributed by atoms with Crippen LogP contribution in [0.25, 0.3) is 0 Å². The van der Waals surface area contributed by atoms with Crippen molar-refractivity contribution in [3.63, 3.8) is 0 Å². The van der Waals surface area contributed by atoms with Crippen LogP contribution in [0.2, 0.25) is 0 Å². The van der Waals surface area contributed by atoms with E-state index < -0.39 is 33.4 Å². The zero-order chi connectivity index (χ0) is 19.3. The molecule has 1 amide bonds. The molecule has 2 aromatic carbocycles. The monoisotopic (exact) mass is 378 g/mol. The number of anilines is 2. The third-order valence-corrected chi connectivity index (χ3v) is 5.04. The van der Waals surface area contributed by atoms with Gasteiger partial charge in [-0.15, -0.1) is 0 Å². The van der Waals surface area contributed by atoms with E-state index in [4.69, 9.17) is 0 Å². The number of Topliss-reactive ketones (excluding diaryl/α,β-unsaturated/α-hetero) is 1. The van der Waals surface area contributed by atoms with E-state index in [9.17, 15) is 22.4 Å². The molecule has 0 radical (unpaired) electrons. The van der Waals surface area contributed by atoms with Gasteiger partial charge in [-0.2, -0.15) is 0 Å². The van der Waals surface area contributed by atoms with Crippen molar-refractivity contribution in [2.45, 2.75) is 13.8 Å². The SMILES string of the molecule is CC(=O)c1cccc(NC(=O)C(C)CS(=O)(=O)Nc2cccc(F)c2)c1. The van der Waals surface area contributed by atoms with Crippen molar-refractivity contribution in [2.75, 3.05) is 15.8 Å². The van der Waals surface area contributed by atoms with E-state index in [1.54, 1.807) is 18.2 Å². The van der Waals surface area contributed by atoms with E-state index in [1.807, 2.05) is 0 Å². The number of halogens is 1. The van der Waals surface area contributed by atoms with Crippen molar-refractivity contribution in [3.05, 3.63) is 59.9 Å². The molecule has 138 valence electrons. The van der Waals surface area contributed by atoms with Gasteiger partial charge in [-0.05, 0) is 37.3 Å². The Morgan fingerprint density at radius 2 is 1.73 bits per heavy atom. The molecule has 6 nitrogen and oxygen atoms in total. The molecule has 2 N–H and O–H groups in total. The topological polar surface area (TPSA) is 92.3 Å². The summed E-state index contributed by atoms with van der Waals surface area (Å²) >= 11 is 0. The van der Waals surface area contributed by atoms with Crippen LogP contribution < -0.4 is 10.0 Å². The van der Waals surface area contributed by atoms with Crippen LogP contribution in [-0.4, -0.2) is 25.9 Å². The maximum Gasteiger partial charge on any atom is 0.233 e. The van der Waals surface area contributed by atoms with Crippen molar-refractivity contribution in [1.82, 2.24) is 0 Å². The van der Waals surface area contributed by atoms with Gasteiger partial charge in [-0.3, -0.25) is 14.3 Å². The van der Waals surface area contributed by atoms with Gasteiger partial charge in [0.05, 0.1) is 17.4 Å². The lowest BCUT2D eigenvalue weighted by molar-refractivity contribution is -0.118. The molecule has 8 heteroatoms. The van der Waals surface area contributed by atoms with Crippen LogP contribution >= 0.6 is 0 Å². The summed E-state index contributed by atoms with van der Waals surface area (Å²) in [5, 5.41) is 2.59. The highest BCUT2D eigenvalue weighted by molar-refractivity contribution is 7.92. The minimum Gasteiger partial charge on any atom is -0.326 e. The van der Waals surface area contributed by atoms with E-state index in [2.05, 4.69) is 10.0 Å². The highest BCUT2D eigenvalue weighted by Gasteiger charge is 2.22. The summed E-state index contributed by atoms with van der Waals surface area (Å²) in [6, 6.07) is 11.4. The van der Waals surface area contributed by atoms with Crippen LogP contribution in [0.4, 0.5) is 15.8 Å². The molecule has 0 fully saturated rings. The third kappa shape index (κ3) is 5.66. The summed E-state index contributed by atoms with van der Waals surface area (Å²) in [5.74, 6) is -2.54. The Balaban J connectivity index is 2.01. The lowest BCUT2D eigenvalue weighted by Crippen LogP contribution is -2.30. The average molecular weight is 378 g/mol. The lowest BCUT2D eigenvalue weighted by Gasteiger charge is -2.14. The molecule has 26 heavy (non-hydrogen) atoms. The molecular formula is C18H19FN2O4S. The summed E-state index contributed by atoms with van der Waals surface area (Å²) < 4.78 is 39.7. The predicted molar refractivity (Wildman–Crippen MR) is 98.0 cm³/mol. The van der Waals surface area contributed by atoms with Crippen LogP contribution in [0.15, 0.2) is 48.5 Å². The molecule has 0 saturated carbocycles. The smallest absolute Gasteiger partial charge is 0.233 e. The Labute approximate surface area is 151 Å². The minimum atomic E-state index is -3.84. The molecule has 0 aliphatic heterocycles. The van der Waals surface area contributed by atoms with Crippen LogP contribution in [0.3, 0.4) is 0 Å². The van der Waals surface area contributed by atoms with Crippen molar-refractivity contribution >= 4 is 33.1 Å². The predicted octanol–water partition coefficient (Wildman–Crippen LogP) is 3.04. The van der Waals surface area contributed by atoms with E-state index in [0.717, 1.165) is 6.07 Å². The Bertz CT molecular complexity index is 928. The number of benzene rings is 2. The number of hydrogen-bond donors (Lipinski definition) is 2. The second kappa shape index (κ2) is 8.09. The number of hydrogen-bond acceptors (Lipinski definition) is 4. The van der Waals surface area contributed by atoms with Gasteiger partial charge in [-0.1, -0.05) is 25.1 Å². The van der Waals surface area contributed by atoms with Crippen LogP contribution in [-0.2, 0) is 14.8 Å². The van der Waals surface area contributed by atoms with Crippen LogP contribution in [0.5, 0.6) is 0 Å². The first-order valence-electron chi connectivity index (χ1n) is 7.84. The maximum atomic E-state index is 13.1. The number of rotatable bonds is 7. The average Bonchev–Trinajstić information content (AvgIpc) is 2.54. The van der Waals surface area contributed by atoms with Gasteiger partial charge in [0, 0.05) is 11.3 Å². The first-order valence-corrected chi connectivity index (χ1v) is 9.49. The number of carbonyl (C=O) groups is 2. The molecule has 0 saturated heterocycles. The van der Waals surface area contributed by atoms with Gasteiger partial charge in [0.25, 0.3) is 0 Å². The Morgan fingerprint density at radius 3 is 2.38 bits per heavy atom. The van der Waals surface area contributed by atoms with E-state index in [-0.39, 0.29) is 11.5 Å². The van der Waals surface area contributed by atoms with Crippen molar-refractivity contribution in [1.29, 1.82) is 0 Å². The fourth-order valence-electron chi connectivity index (χ4n) is 2.26. The number of amides is 1. The highest BCUT2D eigenvalue weighted by Crippen LogP contribution is 2.15. The van der Waals surface area contributed by atoms with Gasteiger partial charge >= 0.3 is 0 Å². The molecule has 0 heterocycles. The molecule has 2 rings (SSSR count). The standard InChI is InChI=1S/C18H19FN2O4S/c1-12(11-26(24,25)21-17-8-4-6-15(19)10-17)18(23)20-16-7-3-5-14(9-16)13(2)22/h3-10,12,21H,11H2,1-2H3,(H,20,23). The zero-order valence-corrected chi connectivity index (χ0v) is 15.1. The van der Waals surface area contributed by atoms with E-state index in [0.29, 0.717) is 11.3 Å². The largest absolute Gasteiger partial charge is 0.326 e. The Hall–Kier alpha value is -2.74. The molecule has 0 spiro atoms. The first-order chi connectivity index (χ1) is 12.2. The Kier molecular flexibility index (Phi) is 6.10. The molecule has 1 atom stereocenters. The lowest BCUT2D eigenvalue weighted by atomic mass is 10.1. The molecule has 0 aliphatic carbocycles. The van der Waals surface area contributed by atoms with E-state index >= 15 is 0 Å². The van der Waals surface area contributed by atoms with Crippen LogP contribution in [0.1, 0.15) is 24.2 Å². The fourth-order valence-corrected chi connectivity index (χ4v) is 3.64. The normalized spacial score (nSPS) is 12.3. The summed E-state index contributed by atoms with van der Waals surface area (Å²) in [5.41, 5.74) is 0.938. The molecular weight excluding hydrogens is 359 g/mol. The molecule has 0 aromatic heterocycles. The summed E-state index contributed by atoms with van der Waals surface area (Å²) in [4.78, 5) is 23.6. The van der Waals surface area contributed by atoms with Gasteiger partial charge < -0.3 is 5.32 Å². The summed E-state index contributed by atoms with van der Waals surface area (Å²) in [7, 11) is -3.84. The first kappa shape index (κ1) is 19.6. The maximum absolute atomic E-state index is 13.1. The number of carbonyl (C=O) groups excluding carboxylic acids is 2. The quantitative estimate of drug-likeness (QED) is 0.725. The van der Waals surface area contributed by atoms with Crippen molar-refractivity contribution in [3.8, 4) is 0 Å². The van der Waals surface area contributed by atoms with Gasteiger partial charge in [-0.25, -0.2) is 12.8 Å². The fraction of sp³-hybridized carbons (Fsp3) is 0.222. The number of sulfonamides is 1. The van der Waals surface area contributed by atoms with Crippen molar-refractivity contribution in [2.24, 2.45) is 5.92 Å². The minimum absolute atomic E-state index is 0.0896. The number of ketones is 1. The molecule has 0 bridgehead atoms. The molecule has 2 aromatic rings. The third-order valence-electron chi connectivity index (χ3n) is 3.55. The van der Waals surface area contributed by atoms with E-state index in [1.165, 1.54) is 38.1 Å². The molecule has 1 unspecified atom stereocenters. The number of nitrogens with one attached hydrogen (secondary N) is 2.